The summed E-state index contributed by atoms with van der Waals surface area (Å²) in [5, 5.41) is 10.2. The van der Waals surface area contributed by atoms with Crippen LogP contribution in [0.15, 0.2) is 30.9 Å². The molecule has 0 unspecified atom stereocenters. The largest absolute Gasteiger partial charge is 0.325 e. The minimum atomic E-state index is -0.444. The van der Waals surface area contributed by atoms with E-state index in [0.29, 0.717) is 23.8 Å². The van der Waals surface area contributed by atoms with Crippen molar-refractivity contribution in [2.24, 2.45) is 11.3 Å². The number of aromatic nitrogens is 3. The van der Waals surface area contributed by atoms with Crippen LogP contribution in [0.3, 0.4) is 0 Å². The number of halogens is 2. The molecule has 0 radical (unpaired) electrons. The monoisotopic (exact) mass is 365 g/mol. The number of hydrogen-bond donors (Lipinski definition) is 2. The van der Waals surface area contributed by atoms with Gasteiger partial charge in [-0.2, -0.15) is 5.10 Å². The molecule has 25 heavy (non-hydrogen) atoms. The fourth-order valence-electron chi connectivity index (χ4n) is 4.05. The molecule has 2 N–H and O–H groups in total. The third kappa shape index (κ3) is 3.14. The van der Waals surface area contributed by atoms with Crippen LogP contribution in [-0.4, -0.2) is 33.8 Å². The summed E-state index contributed by atoms with van der Waals surface area (Å²) in [6.45, 7) is 1.61. The first-order valence-electron chi connectivity index (χ1n) is 8.36. The van der Waals surface area contributed by atoms with Crippen LogP contribution in [-0.2, 0) is 4.79 Å². The summed E-state index contributed by atoms with van der Waals surface area (Å²) in [6.07, 6.45) is 7.03. The number of fused-ring (bicyclic) bond motifs is 1. The first-order chi connectivity index (χ1) is 11.7. The van der Waals surface area contributed by atoms with E-state index >= 15 is 0 Å². The van der Waals surface area contributed by atoms with Gasteiger partial charge in [-0.15, -0.1) is 12.4 Å². The average Bonchev–Trinajstić information content (AvgIpc) is 3.25. The Morgan fingerprint density at radius 1 is 1.40 bits per heavy atom. The van der Waals surface area contributed by atoms with E-state index in [4.69, 9.17) is 0 Å². The Hall–Kier alpha value is -1.99. The summed E-state index contributed by atoms with van der Waals surface area (Å²) in [5.74, 6) is -0.0591. The second-order valence-corrected chi connectivity index (χ2v) is 6.69. The number of carbonyl (C=O) groups is 1. The fourth-order valence-corrected chi connectivity index (χ4v) is 4.05. The second-order valence-electron chi connectivity index (χ2n) is 6.69. The number of hydrogen-bond acceptors (Lipinski definition) is 4. The van der Waals surface area contributed by atoms with Crippen molar-refractivity contribution in [2.45, 2.75) is 25.7 Å². The van der Waals surface area contributed by atoms with Crippen molar-refractivity contribution in [1.29, 1.82) is 0 Å². The summed E-state index contributed by atoms with van der Waals surface area (Å²) in [5.41, 5.74) is 0.438. The highest BCUT2D eigenvalue weighted by atomic mass is 35.5. The molecule has 0 bridgehead atoms. The molecule has 4 rings (SSSR count). The lowest BCUT2D eigenvalue weighted by Gasteiger charge is -2.37. The van der Waals surface area contributed by atoms with Crippen LogP contribution in [0.5, 0.6) is 0 Å². The molecule has 2 heterocycles. The molecule has 1 aromatic carbocycles. The van der Waals surface area contributed by atoms with Gasteiger partial charge in [0.15, 0.2) is 5.82 Å². The smallest absolute Gasteiger partial charge is 0.232 e. The van der Waals surface area contributed by atoms with Gasteiger partial charge in [-0.05, 0) is 43.5 Å². The zero-order valence-electron chi connectivity index (χ0n) is 13.7. The lowest BCUT2D eigenvalue weighted by Crippen LogP contribution is -2.44. The number of benzene rings is 1. The number of anilines is 1. The van der Waals surface area contributed by atoms with E-state index in [1.54, 1.807) is 12.1 Å². The van der Waals surface area contributed by atoms with Gasteiger partial charge in [0.1, 0.15) is 18.3 Å². The Morgan fingerprint density at radius 3 is 3.04 bits per heavy atom. The Balaban J connectivity index is 0.00000182. The highest BCUT2D eigenvalue weighted by Gasteiger charge is 2.49. The molecule has 1 aliphatic heterocycles. The summed E-state index contributed by atoms with van der Waals surface area (Å²) in [7, 11) is 0. The molecule has 1 amide bonds. The van der Waals surface area contributed by atoms with Crippen LogP contribution in [0.1, 0.15) is 25.7 Å². The molecule has 2 atom stereocenters. The SMILES string of the molecule is Cl.O=C(Nc1ccc(-n2cncn2)c(F)c1)[C@@]12CCCC[C@H]1CNC2. The number of carbonyl (C=O) groups excluding carboxylic acids is 1. The quantitative estimate of drug-likeness (QED) is 0.876. The predicted octanol–water partition coefficient (Wildman–Crippen LogP) is 2.55. The van der Waals surface area contributed by atoms with E-state index in [1.165, 1.54) is 29.8 Å². The van der Waals surface area contributed by atoms with E-state index < -0.39 is 5.82 Å². The molecule has 1 saturated heterocycles. The number of rotatable bonds is 3. The number of amides is 1. The van der Waals surface area contributed by atoms with E-state index in [0.717, 1.165) is 25.8 Å². The van der Waals surface area contributed by atoms with Crippen LogP contribution < -0.4 is 10.6 Å². The zero-order valence-corrected chi connectivity index (χ0v) is 14.6. The maximum Gasteiger partial charge on any atom is 0.232 e. The van der Waals surface area contributed by atoms with Crippen molar-refractivity contribution in [3.8, 4) is 5.69 Å². The van der Waals surface area contributed by atoms with E-state index in [9.17, 15) is 9.18 Å². The van der Waals surface area contributed by atoms with Gasteiger partial charge < -0.3 is 10.6 Å². The highest BCUT2D eigenvalue weighted by Crippen LogP contribution is 2.44. The molecular formula is C17H21ClFN5O. The third-order valence-corrected chi connectivity index (χ3v) is 5.36. The van der Waals surface area contributed by atoms with E-state index in [2.05, 4.69) is 20.7 Å². The molecule has 1 aromatic heterocycles. The van der Waals surface area contributed by atoms with Crippen molar-refractivity contribution in [3.63, 3.8) is 0 Å². The third-order valence-electron chi connectivity index (χ3n) is 5.36. The minimum absolute atomic E-state index is 0. The van der Waals surface area contributed by atoms with Gasteiger partial charge in [0.25, 0.3) is 0 Å². The van der Waals surface area contributed by atoms with Gasteiger partial charge in [-0.25, -0.2) is 14.1 Å². The van der Waals surface area contributed by atoms with Gasteiger partial charge >= 0.3 is 0 Å². The Bertz CT molecular complexity index is 754. The second kappa shape index (κ2) is 7.09. The maximum atomic E-state index is 14.3. The van der Waals surface area contributed by atoms with Crippen molar-refractivity contribution < 1.29 is 9.18 Å². The molecule has 2 aliphatic rings. The molecule has 134 valence electrons. The van der Waals surface area contributed by atoms with E-state index in [-0.39, 0.29) is 23.7 Å². The van der Waals surface area contributed by atoms with Gasteiger partial charge in [0.2, 0.25) is 5.91 Å². The summed E-state index contributed by atoms with van der Waals surface area (Å²) >= 11 is 0. The van der Waals surface area contributed by atoms with E-state index in [1.807, 2.05) is 0 Å². The van der Waals surface area contributed by atoms with Crippen LogP contribution >= 0.6 is 12.4 Å². The molecule has 2 fully saturated rings. The minimum Gasteiger partial charge on any atom is -0.325 e. The van der Waals surface area contributed by atoms with Crippen LogP contribution in [0.2, 0.25) is 0 Å². The topological polar surface area (TPSA) is 71.8 Å². The normalized spacial score (nSPS) is 25.1. The zero-order chi connectivity index (χ0) is 16.6. The standard InChI is InChI=1S/C17H20FN5O.ClH/c18-14-7-13(4-5-15(14)23-11-20-10-21-23)22-16(24)17-6-2-1-3-12(17)8-19-9-17;/h4-5,7,10-12,19H,1-3,6,8-9H2,(H,22,24);1H/t12-,17+;/m0./s1. The van der Waals surface area contributed by atoms with Gasteiger partial charge in [0.05, 0.1) is 5.41 Å². The van der Waals surface area contributed by atoms with Crippen molar-refractivity contribution >= 4 is 24.0 Å². The molecule has 1 saturated carbocycles. The summed E-state index contributed by atoms with van der Waals surface area (Å²) < 4.78 is 15.7. The molecule has 1 aliphatic carbocycles. The number of nitrogens with one attached hydrogen (secondary N) is 2. The summed E-state index contributed by atoms with van der Waals surface area (Å²) in [6, 6.07) is 4.64. The Kier molecular flexibility index (Phi) is 5.06. The molecule has 6 nitrogen and oxygen atoms in total. The van der Waals surface area contributed by atoms with Crippen LogP contribution in [0.4, 0.5) is 10.1 Å². The molecular weight excluding hydrogens is 345 g/mol. The van der Waals surface area contributed by atoms with Crippen LogP contribution in [0, 0.1) is 17.2 Å². The lowest BCUT2D eigenvalue weighted by atomic mass is 9.67. The first kappa shape index (κ1) is 17.8. The van der Waals surface area contributed by atoms with Gasteiger partial charge in [-0.1, -0.05) is 12.8 Å². The number of nitrogens with zero attached hydrogens (tertiary/aromatic N) is 3. The molecule has 8 heteroatoms. The highest BCUT2D eigenvalue weighted by molar-refractivity contribution is 5.96. The average molecular weight is 366 g/mol. The van der Waals surface area contributed by atoms with Crippen LogP contribution in [0.25, 0.3) is 5.69 Å². The molecule has 2 aromatic rings. The maximum absolute atomic E-state index is 14.3. The van der Waals surface area contributed by atoms with Crippen molar-refractivity contribution in [1.82, 2.24) is 20.1 Å². The van der Waals surface area contributed by atoms with Gasteiger partial charge in [-0.3, -0.25) is 4.79 Å². The summed E-state index contributed by atoms with van der Waals surface area (Å²) in [4.78, 5) is 16.7. The van der Waals surface area contributed by atoms with Crippen molar-refractivity contribution in [3.05, 3.63) is 36.7 Å². The fraction of sp³-hybridized carbons (Fsp3) is 0.471. The van der Waals surface area contributed by atoms with Gasteiger partial charge in [0, 0.05) is 12.2 Å². The van der Waals surface area contributed by atoms with Crippen molar-refractivity contribution in [2.75, 3.05) is 18.4 Å². The Morgan fingerprint density at radius 2 is 2.28 bits per heavy atom. The lowest BCUT2D eigenvalue weighted by molar-refractivity contribution is -0.128. The Labute approximate surface area is 151 Å². The predicted molar refractivity (Wildman–Crippen MR) is 94.5 cm³/mol. The molecule has 0 spiro atoms. The first-order valence-corrected chi connectivity index (χ1v) is 8.36.